The molecule has 1 amide bonds. The number of amides is 1. The number of halogens is 2. The van der Waals surface area contributed by atoms with Crippen LogP contribution in [0.5, 0.6) is 11.5 Å². The van der Waals surface area contributed by atoms with Crippen molar-refractivity contribution in [3.63, 3.8) is 0 Å². The molecule has 0 aliphatic carbocycles. The van der Waals surface area contributed by atoms with Crippen molar-refractivity contribution in [3.8, 4) is 11.5 Å². The standard InChI is InChI=1S/C20H16F2N2O3/c1-26-18-7-5-15(10-19(18)27-12-13-3-2-8-23-11-13)24-20(25)16-6-4-14(21)9-17(16)22/h2-11H,12H2,1H3,(H,24,25). The molecule has 0 spiro atoms. The number of nitrogens with one attached hydrogen (secondary N) is 1. The lowest BCUT2D eigenvalue weighted by molar-refractivity contribution is 0.102. The number of methoxy groups -OCH3 is 1. The Hall–Kier alpha value is -3.48. The van der Waals surface area contributed by atoms with Gasteiger partial charge in [-0.15, -0.1) is 0 Å². The smallest absolute Gasteiger partial charge is 0.258 e. The average molecular weight is 370 g/mol. The van der Waals surface area contributed by atoms with E-state index in [9.17, 15) is 13.6 Å². The molecule has 0 fully saturated rings. The molecule has 5 nitrogen and oxygen atoms in total. The van der Waals surface area contributed by atoms with Crippen LogP contribution < -0.4 is 14.8 Å². The molecule has 0 saturated carbocycles. The summed E-state index contributed by atoms with van der Waals surface area (Å²) in [5.74, 6) is -1.51. The van der Waals surface area contributed by atoms with Crippen LogP contribution in [-0.4, -0.2) is 18.0 Å². The number of pyridine rings is 1. The maximum absolute atomic E-state index is 13.8. The summed E-state index contributed by atoms with van der Waals surface area (Å²) in [6.45, 7) is 0.258. The SMILES string of the molecule is COc1ccc(NC(=O)c2ccc(F)cc2F)cc1OCc1cccnc1. The van der Waals surface area contributed by atoms with Crippen LogP contribution in [0.25, 0.3) is 0 Å². The first-order chi connectivity index (χ1) is 13.1. The number of ether oxygens (including phenoxy) is 2. The molecule has 27 heavy (non-hydrogen) atoms. The van der Waals surface area contributed by atoms with Crippen LogP contribution in [0.2, 0.25) is 0 Å². The number of rotatable bonds is 6. The molecule has 138 valence electrons. The molecule has 3 rings (SSSR count). The summed E-state index contributed by atoms with van der Waals surface area (Å²) in [6.07, 6.45) is 3.34. The lowest BCUT2D eigenvalue weighted by Gasteiger charge is -2.13. The van der Waals surface area contributed by atoms with Gasteiger partial charge >= 0.3 is 0 Å². The van der Waals surface area contributed by atoms with Gasteiger partial charge in [-0.1, -0.05) is 6.07 Å². The normalized spacial score (nSPS) is 10.3. The van der Waals surface area contributed by atoms with Gasteiger partial charge in [-0.25, -0.2) is 8.78 Å². The van der Waals surface area contributed by atoms with E-state index in [4.69, 9.17) is 9.47 Å². The van der Waals surface area contributed by atoms with Crippen LogP contribution in [0.3, 0.4) is 0 Å². The third-order valence-electron chi connectivity index (χ3n) is 3.71. The number of carbonyl (C=O) groups excluding carboxylic acids is 1. The second-order valence-electron chi connectivity index (χ2n) is 5.59. The Kier molecular flexibility index (Phi) is 5.61. The lowest BCUT2D eigenvalue weighted by atomic mass is 10.2. The molecule has 0 radical (unpaired) electrons. The highest BCUT2D eigenvalue weighted by molar-refractivity contribution is 6.04. The van der Waals surface area contributed by atoms with Crippen LogP contribution >= 0.6 is 0 Å². The molecule has 0 bridgehead atoms. The Morgan fingerprint density at radius 1 is 1.11 bits per heavy atom. The fraction of sp³-hybridized carbons (Fsp3) is 0.100. The van der Waals surface area contributed by atoms with Crippen molar-refractivity contribution in [3.05, 3.63) is 83.7 Å². The van der Waals surface area contributed by atoms with Crippen molar-refractivity contribution in [2.45, 2.75) is 6.61 Å². The van der Waals surface area contributed by atoms with E-state index in [1.807, 2.05) is 6.07 Å². The predicted octanol–water partition coefficient (Wildman–Crippen LogP) is 4.20. The van der Waals surface area contributed by atoms with Gasteiger partial charge in [-0.2, -0.15) is 0 Å². The maximum atomic E-state index is 13.8. The summed E-state index contributed by atoms with van der Waals surface area (Å²) >= 11 is 0. The van der Waals surface area contributed by atoms with Crippen molar-refractivity contribution in [1.82, 2.24) is 4.98 Å². The number of anilines is 1. The largest absolute Gasteiger partial charge is 0.493 e. The van der Waals surface area contributed by atoms with E-state index in [2.05, 4.69) is 10.3 Å². The highest BCUT2D eigenvalue weighted by atomic mass is 19.1. The molecule has 0 unspecified atom stereocenters. The summed E-state index contributed by atoms with van der Waals surface area (Å²) in [5.41, 5.74) is 0.984. The van der Waals surface area contributed by atoms with Gasteiger partial charge in [0.05, 0.1) is 12.7 Å². The van der Waals surface area contributed by atoms with Gasteiger partial charge in [-0.3, -0.25) is 9.78 Å². The average Bonchev–Trinajstić information content (AvgIpc) is 2.67. The zero-order chi connectivity index (χ0) is 19.2. The molecule has 3 aromatic rings. The first kappa shape index (κ1) is 18.3. The molecule has 1 N–H and O–H groups in total. The molecular weight excluding hydrogens is 354 g/mol. The van der Waals surface area contributed by atoms with Gasteiger partial charge < -0.3 is 14.8 Å². The molecule has 0 aliphatic rings. The molecular formula is C20H16F2N2O3. The van der Waals surface area contributed by atoms with Crippen molar-refractivity contribution in [2.75, 3.05) is 12.4 Å². The fourth-order valence-corrected chi connectivity index (χ4v) is 2.38. The van der Waals surface area contributed by atoms with Crippen molar-refractivity contribution in [1.29, 1.82) is 0 Å². The van der Waals surface area contributed by atoms with Crippen LogP contribution in [0, 0.1) is 11.6 Å². The number of nitrogens with zero attached hydrogens (tertiary/aromatic N) is 1. The van der Waals surface area contributed by atoms with E-state index in [0.29, 0.717) is 23.3 Å². The quantitative estimate of drug-likeness (QED) is 0.707. The summed E-state index contributed by atoms with van der Waals surface area (Å²) in [4.78, 5) is 16.3. The van der Waals surface area contributed by atoms with Gasteiger partial charge in [-0.05, 0) is 30.3 Å². The Bertz CT molecular complexity index is 949. The Morgan fingerprint density at radius 3 is 2.67 bits per heavy atom. The number of carbonyl (C=O) groups is 1. The molecule has 1 heterocycles. The molecule has 1 aromatic heterocycles. The van der Waals surface area contributed by atoms with E-state index in [-0.39, 0.29) is 12.2 Å². The number of benzene rings is 2. The topological polar surface area (TPSA) is 60.5 Å². The maximum Gasteiger partial charge on any atom is 0.258 e. The first-order valence-corrected chi connectivity index (χ1v) is 8.03. The number of hydrogen-bond acceptors (Lipinski definition) is 4. The van der Waals surface area contributed by atoms with Crippen molar-refractivity contribution in [2.24, 2.45) is 0 Å². The van der Waals surface area contributed by atoms with Crippen LogP contribution in [0.4, 0.5) is 14.5 Å². The molecule has 0 atom stereocenters. The second-order valence-corrected chi connectivity index (χ2v) is 5.59. The minimum absolute atomic E-state index is 0.258. The molecule has 2 aromatic carbocycles. The third kappa shape index (κ3) is 4.58. The summed E-state index contributed by atoms with van der Waals surface area (Å²) in [5, 5.41) is 2.56. The van der Waals surface area contributed by atoms with Crippen molar-refractivity contribution < 1.29 is 23.0 Å². The minimum Gasteiger partial charge on any atom is -0.493 e. The van der Waals surface area contributed by atoms with Gasteiger partial charge in [0, 0.05) is 35.8 Å². The van der Waals surface area contributed by atoms with Gasteiger partial charge in [0.15, 0.2) is 11.5 Å². The van der Waals surface area contributed by atoms with Gasteiger partial charge in [0.1, 0.15) is 18.2 Å². The zero-order valence-electron chi connectivity index (χ0n) is 14.4. The van der Waals surface area contributed by atoms with E-state index in [0.717, 1.165) is 17.7 Å². The first-order valence-electron chi connectivity index (χ1n) is 8.03. The molecule has 0 aliphatic heterocycles. The van der Waals surface area contributed by atoms with Gasteiger partial charge in [0.25, 0.3) is 5.91 Å². The zero-order valence-corrected chi connectivity index (χ0v) is 14.4. The fourth-order valence-electron chi connectivity index (χ4n) is 2.38. The van der Waals surface area contributed by atoms with E-state index in [1.165, 1.54) is 7.11 Å². The van der Waals surface area contributed by atoms with E-state index >= 15 is 0 Å². The summed E-state index contributed by atoms with van der Waals surface area (Å²) in [7, 11) is 1.50. The second kappa shape index (κ2) is 8.27. The highest BCUT2D eigenvalue weighted by Crippen LogP contribution is 2.31. The van der Waals surface area contributed by atoms with E-state index < -0.39 is 17.5 Å². The number of hydrogen-bond donors (Lipinski definition) is 1. The number of aromatic nitrogens is 1. The Morgan fingerprint density at radius 2 is 1.96 bits per heavy atom. The monoisotopic (exact) mass is 370 g/mol. The van der Waals surface area contributed by atoms with E-state index in [1.54, 1.807) is 36.7 Å². The summed E-state index contributed by atoms with van der Waals surface area (Å²) in [6, 6.07) is 11.2. The van der Waals surface area contributed by atoms with Crippen LogP contribution in [0.1, 0.15) is 15.9 Å². The van der Waals surface area contributed by atoms with Crippen LogP contribution in [-0.2, 0) is 6.61 Å². The van der Waals surface area contributed by atoms with Crippen LogP contribution in [0.15, 0.2) is 60.9 Å². The van der Waals surface area contributed by atoms with Gasteiger partial charge in [0.2, 0.25) is 0 Å². The predicted molar refractivity (Wildman–Crippen MR) is 95.9 cm³/mol. The highest BCUT2D eigenvalue weighted by Gasteiger charge is 2.14. The summed E-state index contributed by atoms with van der Waals surface area (Å²) < 4.78 is 37.7. The van der Waals surface area contributed by atoms with Crippen molar-refractivity contribution >= 4 is 11.6 Å². The Labute approximate surface area is 154 Å². The molecule has 0 saturated heterocycles. The Balaban J connectivity index is 1.77. The molecule has 7 heteroatoms. The lowest BCUT2D eigenvalue weighted by Crippen LogP contribution is -2.14. The minimum atomic E-state index is -0.936. The third-order valence-corrected chi connectivity index (χ3v) is 3.71.